The van der Waals surface area contributed by atoms with E-state index < -0.39 is 33.5 Å². The van der Waals surface area contributed by atoms with Crippen molar-refractivity contribution in [3.8, 4) is 0 Å². The van der Waals surface area contributed by atoms with Crippen molar-refractivity contribution < 1.29 is 31.2 Å². The minimum Gasteiger partial charge on any atom is -0.338 e. The van der Waals surface area contributed by atoms with Crippen molar-refractivity contribution in [2.24, 2.45) is 0 Å². The lowest BCUT2D eigenvalue weighted by Crippen LogP contribution is -2.41. The number of nitrogens with zero attached hydrogens (tertiary/aromatic N) is 1. The van der Waals surface area contributed by atoms with Crippen LogP contribution in [0.15, 0.2) is 24.3 Å². The molecule has 6 nitrogen and oxygen atoms in total. The lowest BCUT2D eigenvalue weighted by Gasteiger charge is -2.26. The Morgan fingerprint density at radius 1 is 1.23 bits per heavy atom. The zero-order valence-corrected chi connectivity index (χ0v) is 14.9. The summed E-state index contributed by atoms with van der Waals surface area (Å²) in [5, 5.41) is 2.46. The lowest BCUT2D eigenvalue weighted by molar-refractivity contribution is -0.137. The second kappa shape index (κ2) is 7.65. The Bertz CT molecular complexity index is 776. The van der Waals surface area contributed by atoms with Crippen molar-refractivity contribution in [2.45, 2.75) is 32.0 Å². The predicted molar refractivity (Wildman–Crippen MR) is 89.1 cm³/mol. The Labute approximate surface area is 149 Å². The molecule has 0 bridgehead atoms. The molecule has 1 atom stereocenters. The SMILES string of the molecule is CC(=O)N(CCC(=O)Nc1ccc(C(F)(F)F)cc1)C1CCS(=O)(=O)C1. The number of anilines is 1. The Morgan fingerprint density at radius 3 is 2.31 bits per heavy atom. The zero-order chi connectivity index (χ0) is 19.5. The van der Waals surface area contributed by atoms with E-state index >= 15 is 0 Å². The number of carbonyl (C=O) groups excluding carboxylic acids is 2. The Kier molecular flexibility index (Phi) is 5.94. The second-order valence-electron chi connectivity index (χ2n) is 6.14. The minimum atomic E-state index is -4.45. The van der Waals surface area contributed by atoms with Crippen molar-refractivity contribution in [1.82, 2.24) is 4.90 Å². The van der Waals surface area contributed by atoms with E-state index in [-0.39, 0.29) is 36.1 Å². The number of halogens is 3. The highest BCUT2D eigenvalue weighted by atomic mass is 32.2. The topological polar surface area (TPSA) is 83.6 Å². The highest BCUT2D eigenvalue weighted by molar-refractivity contribution is 7.91. The van der Waals surface area contributed by atoms with Crippen LogP contribution in [0.1, 0.15) is 25.3 Å². The highest BCUT2D eigenvalue weighted by Crippen LogP contribution is 2.29. The number of nitrogens with one attached hydrogen (secondary N) is 1. The number of amides is 2. The van der Waals surface area contributed by atoms with Gasteiger partial charge in [-0.15, -0.1) is 0 Å². The molecule has 0 aromatic heterocycles. The van der Waals surface area contributed by atoms with Gasteiger partial charge in [0.25, 0.3) is 0 Å². The number of sulfone groups is 1. The summed E-state index contributed by atoms with van der Waals surface area (Å²) in [6.07, 6.45) is -4.20. The average Bonchev–Trinajstić information content (AvgIpc) is 2.86. The van der Waals surface area contributed by atoms with Gasteiger partial charge in [0.15, 0.2) is 9.84 Å². The average molecular weight is 392 g/mol. The molecule has 0 radical (unpaired) electrons. The van der Waals surface area contributed by atoms with Gasteiger partial charge in [-0.1, -0.05) is 0 Å². The molecule has 1 aromatic carbocycles. The maximum absolute atomic E-state index is 12.5. The lowest BCUT2D eigenvalue weighted by atomic mass is 10.2. The molecule has 1 heterocycles. The van der Waals surface area contributed by atoms with Crippen molar-refractivity contribution in [1.29, 1.82) is 0 Å². The monoisotopic (exact) mass is 392 g/mol. The van der Waals surface area contributed by atoms with Crippen molar-refractivity contribution in [3.63, 3.8) is 0 Å². The van der Waals surface area contributed by atoms with Crippen LogP contribution in [-0.4, -0.2) is 49.2 Å². The van der Waals surface area contributed by atoms with Crippen LogP contribution in [0.25, 0.3) is 0 Å². The molecule has 2 amide bonds. The normalized spacial score (nSPS) is 19.2. The molecule has 1 fully saturated rings. The van der Waals surface area contributed by atoms with Crippen LogP contribution in [0.5, 0.6) is 0 Å². The van der Waals surface area contributed by atoms with Crippen LogP contribution < -0.4 is 5.32 Å². The first-order chi connectivity index (χ1) is 12.0. The van der Waals surface area contributed by atoms with Crippen LogP contribution in [0.2, 0.25) is 0 Å². The molecule has 0 spiro atoms. The molecular formula is C16H19F3N2O4S. The van der Waals surface area contributed by atoms with Gasteiger partial charge >= 0.3 is 6.18 Å². The van der Waals surface area contributed by atoms with E-state index in [0.29, 0.717) is 6.42 Å². The molecule has 1 saturated heterocycles. The summed E-state index contributed by atoms with van der Waals surface area (Å²) in [5.41, 5.74) is -0.610. The Morgan fingerprint density at radius 2 is 1.85 bits per heavy atom. The van der Waals surface area contributed by atoms with E-state index in [4.69, 9.17) is 0 Å². The first-order valence-corrected chi connectivity index (χ1v) is 9.75. The quantitative estimate of drug-likeness (QED) is 0.832. The van der Waals surface area contributed by atoms with Crippen LogP contribution in [0.4, 0.5) is 18.9 Å². The molecule has 1 aliphatic rings. The summed E-state index contributed by atoms with van der Waals surface area (Å²) in [7, 11) is -3.16. The van der Waals surface area contributed by atoms with Crippen LogP contribution in [-0.2, 0) is 25.6 Å². The predicted octanol–water partition coefficient (Wildman–Crippen LogP) is 2.07. The van der Waals surface area contributed by atoms with Crippen LogP contribution in [0, 0.1) is 0 Å². The van der Waals surface area contributed by atoms with Gasteiger partial charge in [0.1, 0.15) is 0 Å². The zero-order valence-electron chi connectivity index (χ0n) is 14.0. The van der Waals surface area contributed by atoms with E-state index in [1.807, 2.05) is 0 Å². The molecule has 0 aliphatic carbocycles. The third-order valence-corrected chi connectivity index (χ3v) is 5.88. The number of alkyl halides is 3. The van der Waals surface area contributed by atoms with Gasteiger partial charge in [-0.2, -0.15) is 13.2 Å². The van der Waals surface area contributed by atoms with Crippen molar-refractivity contribution in [3.05, 3.63) is 29.8 Å². The molecule has 0 saturated carbocycles. The number of rotatable bonds is 5. The largest absolute Gasteiger partial charge is 0.416 e. The molecule has 26 heavy (non-hydrogen) atoms. The molecule has 10 heteroatoms. The van der Waals surface area contributed by atoms with E-state index in [2.05, 4.69) is 5.32 Å². The third-order valence-electron chi connectivity index (χ3n) is 4.13. The van der Waals surface area contributed by atoms with Gasteiger partial charge in [0, 0.05) is 31.6 Å². The molecule has 144 valence electrons. The maximum atomic E-state index is 12.5. The van der Waals surface area contributed by atoms with E-state index in [1.54, 1.807) is 0 Å². The van der Waals surface area contributed by atoms with Crippen LogP contribution in [0.3, 0.4) is 0 Å². The minimum absolute atomic E-state index is 0.0131. The molecule has 1 unspecified atom stereocenters. The fraction of sp³-hybridized carbons (Fsp3) is 0.500. The summed E-state index contributed by atoms with van der Waals surface area (Å²) < 4.78 is 60.6. The van der Waals surface area contributed by atoms with Gasteiger partial charge < -0.3 is 10.2 Å². The summed E-state index contributed by atoms with van der Waals surface area (Å²) in [5.74, 6) is -0.905. The Balaban J connectivity index is 1.91. The third kappa shape index (κ3) is 5.45. The number of carbonyl (C=O) groups is 2. The van der Waals surface area contributed by atoms with Gasteiger partial charge in [0.2, 0.25) is 11.8 Å². The van der Waals surface area contributed by atoms with Crippen molar-refractivity contribution >= 4 is 27.3 Å². The standard InChI is InChI=1S/C16H19F3N2O4S/c1-11(22)21(14-7-9-26(24,25)10-14)8-6-15(23)20-13-4-2-12(3-5-13)16(17,18)19/h2-5,14H,6-10H2,1H3,(H,20,23). The number of hydrogen-bond acceptors (Lipinski definition) is 4. The van der Waals surface area contributed by atoms with Crippen LogP contribution >= 0.6 is 0 Å². The second-order valence-corrected chi connectivity index (χ2v) is 8.37. The fourth-order valence-corrected chi connectivity index (χ4v) is 4.54. The summed E-state index contributed by atoms with van der Waals surface area (Å²) in [4.78, 5) is 25.1. The summed E-state index contributed by atoms with van der Waals surface area (Å²) in [6, 6.07) is 3.57. The molecular weight excluding hydrogens is 373 g/mol. The molecule has 1 aromatic rings. The number of hydrogen-bond donors (Lipinski definition) is 1. The number of benzene rings is 1. The summed E-state index contributed by atoms with van der Waals surface area (Å²) in [6.45, 7) is 1.35. The molecule has 2 rings (SSSR count). The van der Waals surface area contributed by atoms with Gasteiger partial charge in [-0.3, -0.25) is 9.59 Å². The Hall–Kier alpha value is -2.10. The highest BCUT2D eigenvalue weighted by Gasteiger charge is 2.33. The molecule has 1 N–H and O–H groups in total. The van der Waals surface area contributed by atoms with E-state index in [9.17, 15) is 31.2 Å². The van der Waals surface area contributed by atoms with Gasteiger partial charge in [-0.25, -0.2) is 8.42 Å². The fourth-order valence-electron chi connectivity index (χ4n) is 2.81. The van der Waals surface area contributed by atoms with E-state index in [0.717, 1.165) is 24.3 Å². The smallest absolute Gasteiger partial charge is 0.338 e. The molecule has 1 aliphatic heterocycles. The first-order valence-electron chi connectivity index (χ1n) is 7.93. The van der Waals surface area contributed by atoms with E-state index in [1.165, 1.54) is 11.8 Å². The first kappa shape index (κ1) is 20.2. The maximum Gasteiger partial charge on any atom is 0.416 e. The summed E-state index contributed by atoms with van der Waals surface area (Å²) >= 11 is 0. The van der Waals surface area contributed by atoms with Gasteiger partial charge in [-0.05, 0) is 30.7 Å². The van der Waals surface area contributed by atoms with Gasteiger partial charge in [0.05, 0.1) is 17.1 Å². The van der Waals surface area contributed by atoms with Crippen molar-refractivity contribution in [2.75, 3.05) is 23.4 Å².